The molecule has 1 aromatic carbocycles. The number of nitrogens with two attached hydrogens (primary N) is 1. The average Bonchev–Trinajstić information content (AvgIpc) is 2.36. The highest BCUT2D eigenvalue weighted by Gasteiger charge is 2.11. The summed E-state index contributed by atoms with van der Waals surface area (Å²) in [6.07, 6.45) is 0. The lowest BCUT2D eigenvalue weighted by Gasteiger charge is -2.14. The molecule has 0 aliphatic heterocycles. The first-order chi connectivity index (χ1) is 9.08. The Morgan fingerprint density at radius 1 is 1.53 bits per heavy atom. The number of hydrogen-bond donors (Lipinski definition) is 2. The maximum absolute atomic E-state index is 13.4. The van der Waals surface area contributed by atoms with E-state index in [9.17, 15) is 9.18 Å². The van der Waals surface area contributed by atoms with Crippen LogP contribution in [-0.2, 0) is 16.1 Å². The zero-order valence-corrected chi connectivity index (χ0v) is 11.1. The predicted molar refractivity (Wildman–Crippen MR) is 69.3 cm³/mol. The summed E-state index contributed by atoms with van der Waals surface area (Å²) < 4.78 is 23.6. The van der Waals surface area contributed by atoms with Gasteiger partial charge in [-0.2, -0.15) is 0 Å². The average molecular weight is 270 g/mol. The number of benzene rings is 1. The molecule has 0 heterocycles. The first-order valence-corrected chi connectivity index (χ1v) is 5.97. The molecule has 0 saturated heterocycles. The second-order valence-corrected chi connectivity index (χ2v) is 4.13. The number of methoxy groups -OCH3 is 1. The van der Waals surface area contributed by atoms with Crippen molar-refractivity contribution in [1.29, 1.82) is 0 Å². The van der Waals surface area contributed by atoms with Crippen LogP contribution in [0.3, 0.4) is 0 Å². The van der Waals surface area contributed by atoms with Crippen LogP contribution in [0.4, 0.5) is 4.39 Å². The number of carbonyl (C=O) groups excluding carboxylic acids is 1. The molecule has 1 unspecified atom stereocenters. The van der Waals surface area contributed by atoms with Gasteiger partial charge in [-0.25, -0.2) is 4.39 Å². The Balaban J connectivity index is 2.53. The van der Waals surface area contributed by atoms with E-state index in [-0.39, 0.29) is 36.4 Å². The van der Waals surface area contributed by atoms with Gasteiger partial charge in [-0.15, -0.1) is 0 Å². The number of amides is 1. The van der Waals surface area contributed by atoms with Crippen molar-refractivity contribution in [3.63, 3.8) is 0 Å². The summed E-state index contributed by atoms with van der Waals surface area (Å²) in [6.45, 7) is 2.06. The van der Waals surface area contributed by atoms with Crippen molar-refractivity contribution in [2.75, 3.05) is 20.3 Å². The van der Waals surface area contributed by atoms with Crippen LogP contribution in [0, 0.1) is 5.82 Å². The Kier molecular flexibility index (Phi) is 6.24. The van der Waals surface area contributed by atoms with Gasteiger partial charge in [-0.05, 0) is 19.1 Å². The first-order valence-electron chi connectivity index (χ1n) is 5.97. The van der Waals surface area contributed by atoms with Crippen molar-refractivity contribution in [3.05, 3.63) is 29.6 Å². The quantitative estimate of drug-likeness (QED) is 0.769. The fraction of sp³-hybridized carbons (Fsp3) is 0.462. The highest BCUT2D eigenvalue weighted by Crippen LogP contribution is 2.20. The minimum absolute atomic E-state index is 0.0176. The smallest absolute Gasteiger partial charge is 0.258 e. The standard InChI is InChI=1S/C13H19FN2O3/c1-9(7-18-2)16-13(17)8-19-12-5-3-4-11(14)10(12)6-15/h3-5,9H,6-8,15H2,1-2H3,(H,16,17). The molecule has 0 aromatic heterocycles. The molecule has 1 rings (SSSR count). The molecule has 0 aliphatic rings. The van der Waals surface area contributed by atoms with Gasteiger partial charge in [0, 0.05) is 25.3 Å². The van der Waals surface area contributed by atoms with E-state index < -0.39 is 5.82 Å². The van der Waals surface area contributed by atoms with E-state index in [4.69, 9.17) is 15.2 Å². The van der Waals surface area contributed by atoms with Gasteiger partial charge in [-0.3, -0.25) is 4.79 Å². The van der Waals surface area contributed by atoms with Crippen molar-refractivity contribution >= 4 is 5.91 Å². The van der Waals surface area contributed by atoms with Crippen LogP contribution in [0.25, 0.3) is 0 Å². The monoisotopic (exact) mass is 270 g/mol. The minimum atomic E-state index is -0.437. The maximum atomic E-state index is 13.4. The number of nitrogens with one attached hydrogen (secondary N) is 1. The fourth-order valence-electron chi connectivity index (χ4n) is 1.62. The molecule has 1 aromatic rings. The van der Waals surface area contributed by atoms with E-state index in [1.54, 1.807) is 13.2 Å². The van der Waals surface area contributed by atoms with Crippen LogP contribution in [0.15, 0.2) is 18.2 Å². The molecule has 1 amide bonds. The Morgan fingerprint density at radius 3 is 2.89 bits per heavy atom. The normalized spacial score (nSPS) is 12.0. The topological polar surface area (TPSA) is 73.6 Å². The van der Waals surface area contributed by atoms with Gasteiger partial charge in [0.25, 0.3) is 5.91 Å². The van der Waals surface area contributed by atoms with Gasteiger partial charge in [0.15, 0.2) is 6.61 Å². The summed E-state index contributed by atoms with van der Waals surface area (Å²) >= 11 is 0. The molecule has 0 radical (unpaired) electrons. The molecular formula is C13H19FN2O3. The van der Waals surface area contributed by atoms with Gasteiger partial charge < -0.3 is 20.5 Å². The molecule has 0 aliphatic carbocycles. The van der Waals surface area contributed by atoms with Crippen molar-refractivity contribution in [3.8, 4) is 5.75 Å². The molecule has 6 heteroatoms. The van der Waals surface area contributed by atoms with Gasteiger partial charge in [0.05, 0.1) is 6.61 Å². The molecule has 106 valence electrons. The molecular weight excluding hydrogens is 251 g/mol. The van der Waals surface area contributed by atoms with E-state index in [0.29, 0.717) is 6.61 Å². The van der Waals surface area contributed by atoms with Crippen molar-refractivity contribution in [2.24, 2.45) is 5.73 Å². The minimum Gasteiger partial charge on any atom is -0.483 e. The van der Waals surface area contributed by atoms with Gasteiger partial charge >= 0.3 is 0 Å². The lowest BCUT2D eigenvalue weighted by Crippen LogP contribution is -2.38. The summed E-state index contributed by atoms with van der Waals surface area (Å²) in [5.41, 5.74) is 5.71. The Labute approximate surface area is 111 Å². The van der Waals surface area contributed by atoms with E-state index in [1.807, 2.05) is 6.92 Å². The molecule has 3 N–H and O–H groups in total. The predicted octanol–water partition coefficient (Wildman–Crippen LogP) is 0.814. The largest absolute Gasteiger partial charge is 0.483 e. The fourth-order valence-corrected chi connectivity index (χ4v) is 1.62. The number of halogens is 1. The number of carbonyl (C=O) groups is 1. The second-order valence-electron chi connectivity index (χ2n) is 4.13. The maximum Gasteiger partial charge on any atom is 0.258 e. The van der Waals surface area contributed by atoms with Crippen LogP contribution in [0.5, 0.6) is 5.75 Å². The summed E-state index contributed by atoms with van der Waals surface area (Å²) in [4.78, 5) is 11.6. The third kappa shape index (κ3) is 4.84. The van der Waals surface area contributed by atoms with Crippen LogP contribution in [0.1, 0.15) is 12.5 Å². The van der Waals surface area contributed by atoms with Crippen molar-refractivity contribution < 1.29 is 18.7 Å². The van der Waals surface area contributed by atoms with E-state index in [2.05, 4.69) is 5.32 Å². The van der Waals surface area contributed by atoms with Gasteiger partial charge in [0.2, 0.25) is 0 Å². The Bertz CT molecular complexity index is 426. The number of hydrogen-bond acceptors (Lipinski definition) is 4. The molecule has 0 bridgehead atoms. The zero-order valence-electron chi connectivity index (χ0n) is 11.1. The van der Waals surface area contributed by atoms with Gasteiger partial charge in [0.1, 0.15) is 11.6 Å². The third-order valence-corrected chi connectivity index (χ3v) is 2.46. The molecule has 5 nitrogen and oxygen atoms in total. The van der Waals surface area contributed by atoms with Crippen molar-refractivity contribution in [1.82, 2.24) is 5.32 Å². The van der Waals surface area contributed by atoms with Crippen LogP contribution < -0.4 is 15.8 Å². The first kappa shape index (κ1) is 15.4. The van der Waals surface area contributed by atoms with Crippen LogP contribution in [-0.4, -0.2) is 32.3 Å². The van der Waals surface area contributed by atoms with Crippen molar-refractivity contribution in [2.45, 2.75) is 19.5 Å². The second kappa shape index (κ2) is 7.70. The molecule has 0 spiro atoms. The van der Waals surface area contributed by atoms with Crippen LogP contribution in [0.2, 0.25) is 0 Å². The SMILES string of the molecule is COCC(C)NC(=O)COc1cccc(F)c1CN. The van der Waals surface area contributed by atoms with E-state index >= 15 is 0 Å². The molecule has 0 saturated carbocycles. The lowest BCUT2D eigenvalue weighted by atomic mass is 10.2. The summed E-state index contributed by atoms with van der Waals surface area (Å²) in [5, 5.41) is 2.69. The van der Waals surface area contributed by atoms with E-state index in [0.717, 1.165) is 0 Å². The number of rotatable bonds is 7. The molecule has 0 fully saturated rings. The number of ether oxygens (including phenoxy) is 2. The lowest BCUT2D eigenvalue weighted by molar-refractivity contribution is -0.124. The van der Waals surface area contributed by atoms with E-state index in [1.165, 1.54) is 12.1 Å². The summed E-state index contributed by atoms with van der Waals surface area (Å²) in [5.74, 6) is -0.443. The Hall–Kier alpha value is -1.66. The highest BCUT2D eigenvalue weighted by molar-refractivity contribution is 5.77. The summed E-state index contributed by atoms with van der Waals surface area (Å²) in [7, 11) is 1.55. The Morgan fingerprint density at radius 2 is 2.26 bits per heavy atom. The molecule has 19 heavy (non-hydrogen) atoms. The third-order valence-electron chi connectivity index (χ3n) is 2.46. The highest BCUT2D eigenvalue weighted by atomic mass is 19.1. The van der Waals surface area contributed by atoms with Gasteiger partial charge in [-0.1, -0.05) is 6.07 Å². The summed E-state index contributed by atoms with van der Waals surface area (Å²) in [6, 6.07) is 4.28. The zero-order chi connectivity index (χ0) is 14.3. The molecule has 1 atom stereocenters. The van der Waals surface area contributed by atoms with Crippen LogP contribution >= 0.6 is 0 Å².